The lowest BCUT2D eigenvalue weighted by atomic mass is 10.1. The molecule has 1 amide bonds. The van der Waals surface area contributed by atoms with Crippen LogP contribution in [0.3, 0.4) is 0 Å². The molecule has 1 heterocycles. The van der Waals surface area contributed by atoms with Gasteiger partial charge in [0, 0.05) is 29.4 Å². The third kappa shape index (κ3) is 4.56. The summed E-state index contributed by atoms with van der Waals surface area (Å²) in [4.78, 5) is 14.2. The number of amides is 1. The van der Waals surface area contributed by atoms with Crippen molar-refractivity contribution in [3.8, 4) is 17.1 Å². The fourth-order valence-electron chi connectivity index (χ4n) is 2.87. The average molecular weight is 415 g/mol. The van der Waals surface area contributed by atoms with Gasteiger partial charge in [0.25, 0.3) is 0 Å². The van der Waals surface area contributed by atoms with Crippen molar-refractivity contribution in [1.82, 2.24) is 19.7 Å². The Morgan fingerprint density at radius 2 is 1.68 bits per heavy atom. The molecule has 2 aromatic carbocycles. The molecule has 3 aromatic rings. The van der Waals surface area contributed by atoms with Crippen LogP contribution >= 0.6 is 23.4 Å². The molecule has 3 rings (SSSR count). The largest absolute Gasteiger partial charge is 0.343 e. The van der Waals surface area contributed by atoms with Gasteiger partial charge in [0.1, 0.15) is 0 Å². The molecule has 5 nitrogen and oxygen atoms in total. The van der Waals surface area contributed by atoms with Crippen molar-refractivity contribution in [3.05, 3.63) is 59.1 Å². The Hall–Kier alpha value is -2.31. The van der Waals surface area contributed by atoms with Crippen LogP contribution in [0.5, 0.6) is 0 Å². The van der Waals surface area contributed by atoms with Gasteiger partial charge in [0.05, 0.1) is 5.75 Å². The SMILES string of the molecule is CCN(CC)C(=O)CSc1nnc(-c2ccc(C)cc2)n1-c1ccc(Cl)cc1. The average Bonchev–Trinajstić information content (AvgIpc) is 3.12. The Morgan fingerprint density at radius 3 is 2.29 bits per heavy atom. The normalized spacial score (nSPS) is 10.9. The van der Waals surface area contributed by atoms with Crippen LogP contribution in [-0.2, 0) is 4.79 Å². The minimum atomic E-state index is 0.0949. The standard InChI is InChI=1S/C21H23ClN4OS/c1-4-25(5-2)19(27)14-28-21-24-23-20(16-8-6-15(3)7-9-16)26(21)18-12-10-17(22)11-13-18/h6-13H,4-5,14H2,1-3H3. The van der Waals surface area contributed by atoms with Crippen LogP contribution in [0.25, 0.3) is 17.1 Å². The van der Waals surface area contributed by atoms with E-state index in [-0.39, 0.29) is 5.91 Å². The molecule has 0 fully saturated rings. The van der Waals surface area contributed by atoms with Gasteiger partial charge in [-0.2, -0.15) is 0 Å². The van der Waals surface area contributed by atoms with Gasteiger partial charge in [-0.1, -0.05) is 53.2 Å². The van der Waals surface area contributed by atoms with E-state index < -0.39 is 0 Å². The van der Waals surface area contributed by atoms with Crippen molar-refractivity contribution >= 4 is 29.3 Å². The molecule has 0 unspecified atom stereocenters. The van der Waals surface area contributed by atoms with Gasteiger partial charge in [-0.25, -0.2) is 0 Å². The van der Waals surface area contributed by atoms with Crippen LogP contribution in [0, 0.1) is 6.92 Å². The Morgan fingerprint density at radius 1 is 1.04 bits per heavy atom. The van der Waals surface area contributed by atoms with Gasteiger partial charge in [-0.3, -0.25) is 9.36 Å². The van der Waals surface area contributed by atoms with E-state index >= 15 is 0 Å². The number of carbonyl (C=O) groups excluding carboxylic acids is 1. The predicted molar refractivity (Wildman–Crippen MR) is 115 cm³/mol. The molecule has 0 aliphatic rings. The van der Waals surface area contributed by atoms with Crippen LogP contribution in [-0.4, -0.2) is 44.4 Å². The first-order valence-corrected chi connectivity index (χ1v) is 10.6. The fraction of sp³-hybridized carbons (Fsp3) is 0.286. The smallest absolute Gasteiger partial charge is 0.233 e. The lowest BCUT2D eigenvalue weighted by Gasteiger charge is -2.18. The summed E-state index contributed by atoms with van der Waals surface area (Å²) in [6, 6.07) is 15.7. The summed E-state index contributed by atoms with van der Waals surface area (Å²) in [6.45, 7) is 7.42. The molecule has 0 radical (unpaired) electrons. The Labute approximate surface area is 174 Å². The van der Waals surface area contributed by atoms with Gasteiger partial charge >= 0.3 is 0 Å². The topological polar surface area (TPSA) is 51.0 Å². The maximum absolute atomic E-state index is 12.4. The second-order valence-electron chi connectivity index (χ2n) is 6.34. The van der Waals surface area contributed by atoms with E-state index in [1.807, 2.05) is 78.8 Å². The molecular weight excluding hydrogens is 392 g/mol. The van der Waals surface area contributed by atoms with Gasteiger partial charge in [0.2, 0.25) is 5.91 Å². The first-order valence-electron chi connectivity index (χ1n) is 9.22. The summed E-state index contributed by atoms with van der Waals surface area (Å²) in [5, 5.41) is 10.1. The maximum Gasteiger partial charge on any atom is 0.233 e. The molecule has 146 valence electrons. The van der Waals surface area contributed by atoms with Crippen LogP contribution in [0.15, 0.2) is 53.7 Å². The summed E-state index contributed by atoms with van der Waals surface area (Å²) >= 11 is 7.46. The molecule has 1 aromatic heterocycles. The minimum absolute atomic E-state index is 0.0949. The Bertz CT molecular complexity index is 934. The molecular formula is C21H23ClN4OS. The van der Waals surface area contributed by atoms with Gasteiger partial charge in [-0.15, -0.1) is 10.2 Å². The summed E-state index contributed by atoms with van der Waals surface area (Å²) in [6.07, 6.45) is 0. The Balaban J connectivity index is 1.97. The number of nitrogens with zero attached hydrogens (tertiary/aromatic N) is 4. The number of hydrogen-bond acceptors (Lipinski definition) is 4. The van der Waals surface area contributed by atoms with Crippen LogP contribution in [0.2, 0.25) is 5.02 Å². The van der Waals surface area contributed by atoms with E-state index in [9.17, 15) is 4.79 Å². The zero-order chi connectivity index (χ0) is 20.1. The molecule has 0 aliphatic heterocycles. The lowest BCUT2D eigenvalue weighted by Crippen LogP contribution is -2.31. The van der Waals surface area contributed by atoms with Crippen LogP contribution in [0.4, 0.5) is 0 Å². The van der Waals surface area contributed by atoms with E-state index in [4.69, 9.17) is 11.6 Å². The number of aryl methyl sites for hydroxylation is 1. The highest BCUT2D eigenvalue weighted by atomic mass is 35.5. The minimum Gasteiger partial charge on any atom is -0.343 e. The van der Waals surface area contributed by atoms with E-state index in [0.717, 1.165) is 17.1 Å². The second kappa shape index (κ2) is 9.26. The second-order valence-corrected chi connectivity index (χ2v) is 7.72. The van der Waals surface area contributed by atoms with Crippen molar-refractivity contribution < 1.29 is 4.79 Å². The number of aromatic nitrogens is 3. The van der Waals surface area contributed by atoms with Crippen LogP contribution < -0.4 is 0 Å². The van der Waals surface area contributed by atoms with Crippen molar-refractivity contribution in [1.29, 1.82) is 0 Å². The molecule has 0 saturated heterocycles. The summed E-state index contributed by atoms with van der Waals surface area (Å²) < 4.78 is 1.97. The van der Waals surface area contributed by atoms with E-state index in [1.54, 1.807) is 0 Å². The van der Waals surface area contributed by atoms with Gasteiger partial charge < -0.3 is 4.90 Å². The molecule has 0 spiro atoms. The van der Waals surface area contributed by atoms with Gasteiger partial charge in [0.15, 0.2) is 11.0 Å². The molecule has 0 saturated carbocycles. The molecule has 28 heavy (non-hydrogen) atoms. The van der Waals surface area contributed by atoms with Crippen LogP contribution in [0.1, 0.15) is 19.4 Å². The lowest BCUT2D eigenvalue weighted by molar-refractivity contribution is -0.127. The number of halogens is 1. The van der Waals surface area contributed by atoms with Crippen molar-refractivity contribution in [2.75, 3.05) is 18.8 Å². The highest BCUT2D eigenvalue weighted by molar-refractivity contribution is 7.99. The predicted octanol–water partition coefficient (Wildman–Crippen LogP) is 4.86. The first-order chi connectivity index (χ1) is 13.5. The highest BCUT2D eigenvalue weighted by Gasteiger charge is 2.18. The number of thioether (sulfide) groups is 1. The zero-order valence-electron chi connectivity index (χ0n) is 16.2. The van der Waals surface area contributed by atoms with E-state index in [1.165, 1.54) is 17.3 Å². The molecule has 7 heteroatoms. The zero-order valence-corrected chi connectivity index (χ0v) is 17.8. The summed E-state index contributed by atoms with van der Waals surface area (Å²) in [5.74, 6) is 1.15. The molecule has 0 aliphatic carbocycles. The third-order valence-electron chi connectivity index (χ3n) is 4.47. The summed E-state index contributed by atoms with van der Waals surface area (Å²) in [7, 11) is 0. The fourth-order valence-corrected chi connectivity index (χ4v) is 3.85. The van der Waals surface area contributed by atoms with E-state index in [2.05, 4.69) is 10.2 Å². The van der Waals surface area contributed by atoms with Crippen molar-refractivity contribution in [3.63, 3.8) is 0 Å². The van der Waals surface area contributed by atoms with Gasteiger partial charge in [-0.05, 0) is 45.0 Å². The number of rotatable bonds is 7. The summed E-state index contributed by atoms with van der Waals surface area (Å²) in [5.41, 5.74) is 3.05. The van der Waals surface area contributed by atoms with Crippen molar-refractivity contribution in [2.45, 2.75) is 25.9 Å². The Kier molecular flexibility index (Phi) is 6.75. The quantitative estimate of drug-likeness (QED) is 0.518. The molecule has 0 N–H and O–H groups in total. The number of hydrogen-bond donors (Lipinski definition) is 0. The van der Waals surface area contributed by atoms with Crippen molar-refractivity contribution in [2.24, 2.45) is 0 Å². The molecule has 0 bridgehead atoms. The number of benzene rings is 2. The monoisotopic (exact) mass is 414 g/mol. The number of carbonyl (C=O) groups is 1. The third-order valence-corrected chi connectivity index (χ3v) is 5.63. The first kappa shape index (κ1) is 20.4. The van der Waals surface area contributed by atoms with E-state index in [0.29, 0.717) is 29.0 Å². The molecule has 0 atom stereocenters. The maximum atomic E-state index is 12.4. The highest BCUT2D eigenvalue weighted by Crippen LogP contribution is 2.29.